The monoisotopic (exact) mass is 453 g/mol. The number of nitriles is 1. The molecule has 1 saturated heterocycles. The smallest absolute Gasteiger partial charge is 0.406 e. The molecule has 3 heterocycles. The van der Waals surface area contributed by atoms with Crippen molar-refractivity contribution in [2.45, 2.75) is 19.2 Å². The van der Waals surface area contributed by atoms with Gasteiger partial charge in [0.15, 0.2) is 0 Å². The number of alkyl halides is 3. The number of carbonyl (C=O) groups excluding carboxylic acids is 1. The quantitative estimate of drug-likeness (QED) is 0.599. The predicted molar refractivity (Wildman–Crippen MR) is 115 cm³/mol. The summed E-state index contributed by atoms with van der Waals surface area (Å²) in [7, 11) is 0. The number of pyridine rings is 2. The average molecular weight is 453 g/mol. The fourth-order valence-electron chi connectivity index (χ4n) is 3.61. The van der Waals surface area contributed by atoms with Crippen LogP contribution in [-0.2, 0) is 0 Å². The lowest BCUT2D eigenvalue weighted by molar-refractivity contribution is -0.274. The van der Waals surface area contributed by atoms with Crippen LogP contribution in [0.4, 0.5) is 24.7 Å². The average Bonchev–Trinajstić information content (AvgIpc) is 3.34. The summed E-state index contributed by atoms with van der Waals surface area (Å²) in [4.78, 5) is 23.6. The van der Waals surface area contributed by atoms with Gasteiger partial charge in [0, 0.05) is 48.5 Å². The van der Waals surface area contributed by atoms with Crippen LogP contribution in [0.25, 0.3) is 11.1 Å². The summed E-state index contributed by atoms with van der Waals surface area (Å²) in [6, 6.07) is 10.2. The summed E-state index contributed by atoms with van der Waals surface area (Å²) < 4.78 is 40.8. The van der Waals surface area contributed by atoms with E-state index in [-0.39, 0.29) is 11.3 Å². The van der Waals surface area contributed by atoms with Gasteiger partial charge in [-0.05, 0) is 49.2 Å². The number of anilines is 2. The molecule has 0 radical (unpaired) electrons. The van der Waals surface area contributed by atoms with Gasteiger partial charge in [0.2, 0.25) is 0 Å². The highest BCUT2D eigenvalue weighted by Crippen LogP contribution is 2.33. The molecule has 1 amide bonds. The van der Waals surface area contributed by atoms with E-state index in [0.29, 0.717) is 28.2 Å². The highest BCUT2D eigenvalue weighted by atomic mass is 19.4. The second kappa shape index (κ2) is 9.16. The second-order valence-corrected chi connectivity index (χ2v) is 7.35. The molecule has 0 atom stereocenters. The molecular formula is C23H18F3N5O2. The van der Waals surface area contributed by atoms with Crippen molar-refractivity contribution in [2.24, 2.45) is 0 Å². The van der Waals surface area contributed by atoms with Crippen molar-refractivity contribution in [2.75, 3.05) is 23.3 Å². The lowest BCUT2D eigenvalue weighted by Gasteiger charge is -2.21. The number of aromatic nitrogens is 2. The number of amides is 1. The number of hydrogen-bond acceptors (Lipinski definition) is 6. The molecule has 0 unspecified atom stereocenters. The van der Waals surface area contributed by atoms with Crippen LogP contribution in [0.1, 0.15) is 28.8 Å². The Hall–Kier alpha value is -4.13. The van der Waals surface area contributed by atoms with Crippen molar-refractivity contribution in [3.63, 3.8) is 0 Å². The Morgan fingerprint density at radius 3 is 2.48 bits per heavy atom. The highest BCUT2D eigenvalue weighted by Gasteiger charge is 2.31. The van der Waals surface area contributed by atoms with Crippen LogP contribution < -0.4 is 15.0 Å². The van der Waals surface area contributed by atoms with E-state index in [2.05, 4.69) is 31.0 Å². The standard InChI is InChI=1S/C23H18F3N5O2/c24-23(25,26)33-18-5-3-17(4-6-18)30-22(32)16-11-19(20-14-28-8-7-15(20)12-27)21(29-13-16)31-9-1-2-10-31/h3-8,11,13-14H,1-2,9-10H2,(H,30,32). The molecule has 1 aliphatic heterocycles. The zero-order valence-electron chi connectivity index (χ0n) is 17.3. The number of nitrogens with one attached hydrogen (secondary N) is 1. The van der Waals surface area contributed by atoms with E-state index in [4.69, 9.17) is 0 Å². The minimum atomic E-state index is -4.79. The third-order valence-corrected chi connectivity index (χ3v) is 5.11. The lowest BCUT2D eigenvalue weighted by atomic mass is 10.0. The van der Waals surface area contributed by atoms with Crippen molar-refractivity contribution in [1.29, 1.82) is 5.26 Å². The minimum absolute atomic E-state index is 0.233. The molecule has 0 aliphatic carbocycles. The first kappa shape index (κ1) is 22.1. The molecule has 1 fully saturated rings. The summed E-state index contributed by atoms with van der Waals surface area (Å²) in [6.45, 7) is 1.64. The zero-order chi connectivity index (χ0) is 23.4. The summed E-state index contributed by atoms with van der Waals surface area (Å²) in [5.41, 5.74) is 2.11. The second-order valence-electron chi connectivity index (χ2n) is 7.35. The van der Waals surface area contributed by atoms with E-state index in [1.165, 1.54) is 24.5 Å². The first-order valence-corrected chi connectivity index (χ1v) is 10.1. The predicted octanol–water partition coefficient (Wildman–Crippen LogP) is 4.77. The van der Waals surface area contributed by atoms with Gasteiger partial charge in [-0.15, -0.1) is 13.2 Å². The van der Waals surface area contributed by atoms with Gasteiger partial charge < -0.3 is 15.0 Å². The largest absolute Gasteiger partial charge is 0.573 e. The van der Waals surface area contributed by atoms with E-state index in [9.17, 15) is 23.2 Å². The van der Waals surface area contributed by atoms with Crippen molar-refractivity contribution in [3.05, 3.63) is 66.1 Å². The van der Waals surface area contributed by atoms with E-state index < -0.39 is 12.3 Å². The van der Waals surface area contributed by atoms with Gasteiger partial charge in [-0.3, -0.25) is 9.78 Å². The van der Waals surface area contributed by atoms with E-state index in [0.717, 1.165) is 38.1 Å². The lowest BCUT2D eigenvalue weighted by Crippen LogP contribution is -2.21. The molecule has 0 spiro atoms. The first-order valence-electron chi connectivity index (χ1n) is 10.1. The molecule has 10 heteroatoms. The van der Waals surface area contributed by atoms with Crippen molar-refractivity contribution in [1.82, 2.24) is 9.97 Å². The third-order valence-electron chi connectivity index (χ3n) is 5.11. The maximum absolute atomic E-state index is 12.8. The molecule has 4 rings (SSSR count). The van der Waals surface area contributed by atoms with Crippen LogP contribution in [0.3, 0.4) is 0 Å². The van der Waals surface area contributed by atoms with Crippen LogP contribution in [0.15, 0.2) is 55.0 Å². The van der Waals surface area contributed by atoms with Crippen LogP contribution >= 0.6 is 0 Å². The Balaban J connectivity index is 1.63. The Labute approximate surface area is 187 Å². The first-order chi connectivity index (χ1) is 15.8. The Kier molecular flexibility index (Phi) is 6.13. The Morgan fingerprint density at radius 1 is 1.09 bits per heavy atom. The topological polar surface area (TPSA) is 91.1 Å². The van der Waals surface area contributed by atoms with Gasteiger partial charge in [0.1, 0.15) is 11.6 Å². The highest BCUT2D eigenvalue weighted by molar-refractivity contribution is 6.05. The molecule has 7 nitrogen and oxygen atoms in total. The number of hydrogen-bond donors (Lipinski definition) is 1. The molecule has 168 valence electrons. The van der Waals surface area contributed by atoms with E-state index in [1.54, 1.807) is 18.3 Å². The third kappa shape index (κ3) is 5.20. The maximum atomic E-state index is 12.8. The molecule has 1 aromatic carbocycles. The molecule has 0 saturated carbocycles. The van der Waals surface area contributed by atoms with Crippen LogP contribution in [0, 0.1) is 11.3 Å². The molecule has 1 aliphatic rings. The molecule has 3 aromatic rings. The SMILES string of the molecule is N#Cc1ccncc1-c1cc(C(=O)Nc2ccc(OC(F)(F)F)cc2)cnc1N1CCCC1. The summed E-state index contributed by atoms with van der Waals surface area (Å²) >= 11 is 0. The Morgan fingerprint density at radius 2 is 1.82 bits per heavy atom. The number of carbonyl (C=O) groups is 1. The minimum Gasteiger partial charge on any atom is -0.406 e. The van der Waals surface area contributed by atoms with E-state index >= 15 is 0 Å². The molecule has 33 heavy (non-hydrogen) atoms. The van der Waals surface area contributed by atoms with Crippen LogP contribution in [-0.4, -0.2) is 35.3 Å². The summed E-state index contributed by atoms with van der Waals surface area (Å²) in [6.07, 6.45) is 1.78. The van der Waals surface area contributed by atoms with Crippen LogP contribution in [0.2, 0.25) is 0 Å². The van der Waals surface area contributed by atoms with Gasteiger partial charge in [0.05, 0.1) is 17.2 Å². The van der Waals surface area contributed by atoms with Gasteiger partial charge in [0.25, 0.3) is 5.91 Å². The van der Waals surface area contributed by atoms with Crippen molar-refractivity contribution in [3.8, 4) is 22.9 Å². The fourth-order valence-corrected chi connectivity index (χ4v) is 3.61. The fraction of sp³-hybridized carbons (Fsp3) is 0.217. The summed E-state index contributed by atoms with van der Waals surface area (Å²) in [5.74, 6) is -0.217. The number of ether oxygens (including phenoxy) is 1. The van der Waals surface area contributed by atoms with Gasteiger partial charge >= 0.3 is 6.36 Å². The molecule has 0 bridgehead atoms. The number of benzene rings is 1. The number of rotatable bonds is 5. The van der Waals surface area contributed by atoms with Gasteiger partial charge in [-0.1, -0.05) is 0 Å². The van der Waals surface area contributed by atoms with Gasteiger partial charge in [-0.25, -0.2) is 4.98 Å². The van der Waals surface area contributed by atoms with Crippen molar-refractivity contribution < 1.29 is 22.7 Å². The molecular weight excluding hydrogens is 435 g/mol. The zero-order valence-corrected chi connectivity index (χ0v) is 17.3. The normalized spacial score (nSPS) is 13.5. The summed E-state index contributed by atoms with van der Waals surface area (Å²) in [5, 5.41) is 12.2. The molecule has 2 aromatic heterocycles. The molecule has 1 N–H and O–H groups in total. The number of nitrogens with zero attached hydrogens (tertiary/aromatic N) is 4. The van der Waals surface area contributed by atoms with E-state index in [1.807, 2.05) is 0 Å². The maximum Gasteiger partial charge on any atom is 0.573 e. The van der Waals surface area contributed by atoms with Crippen LogP contribution in [0.5, 0.6) is 5.75 Å². The van der Waals surface area contributed by atoms with Crippen molar-refractivity contribution >= 4 is 17.4 Å². The van der Waals surface area contributed by atoms with Gasteiger partial charge in [-0.2, -0.15) is 5.26 Å². The number of halogens is 3. The Bertz CT molecular complexity index is 1200.